The second-order valence-electron chi connectivity index (χ2n) is 2.64. The van der Waals surface area contributed by atoms with E-state index in [4.69, 9.17) is 4.42 Å². The van der Waals surface area contributed by atoms with Gasteiger partial charge in [-0.2, -0.15) is 4.98 Å². The summed E-state index contributed by atoms with van der Waals surface area (Å²) in [6, 6.07) is 5.01. The Kier molecular flexibility index (Phi) is 1.88. The molecule has 0 fully saturated rings. The minimum atomic E-state index is -0.356. The van der Waals surface area contributed by atoms with Crippen molar-refractivity contribution in [1.29, 1.82) is 0 Å². The molecule has 0 bridgehead atoms. The Balaban J connectivity index is 2.55. The molecule has 0 spiro atoms. The Morgan fingerprint density at radius 3 is 3.08 bits per heavy atom. The van der Waals surface area contributed by atoms with Crippen molar-refractivity contribution in [3.05, 3.63) is 24.0 Å². The molecular formula is C9H9FN2O. The molecule has 0 saturated heterocycles. The molecule has 0 saturated carbocycles. The highest BCUT2D eigenvalue weighted by Gasteiger charge is 2.07. The van der Waals surface area contributed by atoms with E-state index in [0.717, 1.165) is 0 Å². The Morgan fingerprint density at radius 2 is 2.38 bits per heavy atom. The van der Waals surface area contributed by atoms with Crippen LogP contribution in [0.1, 0.15) is 6.92 Å². The predicted molar refractivity (Wildman–Crippen MR) is 48.1 cm³/mol. The van der Waals surface area contributed by atoms with E-state index in [1.54, 1.807) is 12.1 Å². The number of oxazole rings is 1. The average Bonchev–Trinajstić information content (AvgIpc) is 2.49. The first-order chi connectivity index (χ1) is 6.31. The van der Waals surface area contributed by atoms with Crippen LogP contribution in [0.2, 0.25) is 0 Å². The van der Waals surface area contributed by atoms with Crippen molar-refractivity contribution in [3.8, 4) is 0 Å². The van der Waals surface area contributed by atoms with Gasteiger partial charge in [0.15, 0.2) is 11.4 Å². The Morgan fingerprint density at radius 1 is 1.54 bits per heavy atom. The maximum Gasteiger partial charge on any atom is 0.295 e. The molecule has 3 nitrogen and oxygen atoms in total. The van der Waals surface area contributed by atoms with Crippen LogP contribution in [0.25, 0.3) is 11.1 Å². The van der Waals surface area contributed by atoms with E-state index in [1.165, 1.54) is 6.07 Å². The minimum absolute atomic E-state index is 0.276. The number of hydrogen-bond acceptors (Lipinski definition) is 3. The first kappa shape index (κ1) is 8.04. The number of rotatable bonds is 2. The van der Waals surface area contributed by atoms with E-state index >= 15 is 0 Å². The lowest BCUT2D eigenvalue weighted by molar-refractivity contribution is 0.614. The molecule has 1 N–H and O–H groups in total. The smallest absolute Gasteiger partial charge is 0.295 e. The molecule has 0 aliphatic carbocycles. The highest BCUT2D eigenvalue weighted by molar-refractivity contribution is 5.74. The molecule has 13 heavy (non-hydrogen) atoms. The van der Waals surface area contributed by atoms with Gasteiger partial charge in [-0.25, -0.2) is 4.39 Å². The molecule has 1 aromatic carbocycles. The monoisotopic (exact) mass is 180 g/mol. The van der Waals surface area contributed by atoms with Gasteiger partial charge in [0, 0.05) is 6.54 Å². The fourth-order valence-corrected chi connectivity index (χ4v) is 1.14. The van der Waals surface area contributed by atoms with Gasteiger partial charge >= 0.3 is 0 Å². The summed E-state index contributed by atoms with van der Waals surface area (Å²) < 4.78 is 18.3. The standard InChI is InChI=1S/C9H9FN2O/c1-2-11-9-12-8-6(10)4-3-5-7(8)13-9/h3-5H,2H2,1H3,(H,11,12). The van der Waals surface area contributed by atoms with E-state index in [-0.39, 0.29) is 11.3 Å². The molecule has 0 aliphatic rings. The topological polar surface area (TPSA) is 38.1 Å². The van der Waals surface area contributed by atoms with E-state index in [1.807, 2.05) is 6.92 Å². The molecule has 4 heteroatoms. The van der Waals surface area contributed by atoms with Crippen molar-refractivity contribution in [2.75, 3.05) is 11.9 Å². The van der Waals surface area contributed by atoms with Crippen LogP contribution in [0.4, 0.5) is 10.4 Å². The maximum absolute atomic E-state index is 13.1. The molecule has 0 unspecified atom stereocenters. The Labute approximate surface area is 74.6 Å². The van der Waals surface area contributed by atoms with Crippen molar-refractivity contribution in [3.63, 3.8) is 0 Å². The minimum Gasteiger partial charge on any atom is -0.423 e. The number of nitrogens with one attached hydrogen (secondary N) is 1. The van der Waals surface area contributed by atoms with Gasteiger partial charge in [0.2, 0.25) is 0 Å². The molecule has 0 atom stereocenters. The number of fused-ring (bicyclic) bond motifs is 1. The molecular weight excluding hydrogens is 171 g/mol. The van der Waals surface area contributed by atoms with Crippen LogP contribution in [0, 0.1) is 5.82 Å². The average molecular weight is 180 g/mol. The highest BCUT2D eigenvalue weighted by atomic mass is 19.1. The van der Waals surface area contributed by atoms with Gasteiger partial charge in [0.1, 0.15) is 5.52 Å². The number of halogens is 1. The van der Waals surface area contributed by atoms with E-state index in [9.17, 15) is 4.39 Å². The van der Waals surface area contributed by atoms with Gasteiger partial charge in [-0.05, 0) is 19.1 Å². The van der Waals surface area contributed by atoms with E-state index in [0.29, 0.717) is 18.1 Å². The second-order valence-corrected chi connectivity index (χ2v) is 2.64. The zero-order valence-electron chi connectivity index (χ0n) is 7.17. The summed E-state index contributed by atoms with van der Waals surface area (Å²) >= 11 is 0. The molecule has 68 valence electrons. The molecule has 0 amide bonds. The number of para-hydroxylation sites is 1. The van der Waals surface area contributed by atoms with Crippen molar-refractivity contribution in [2.24, 2.45) is 0 Å². The number of benzene rings is 1. The lowest BCUT2D eigenvalue weighted by Gasteiger charge is -1.91. The van der Waals surface area contributed by atoms with E-state index < -0.39 is 0 Å². The molecule has 1 aromatic heterocycles. The van der Waals surface area contributed by atoms with Crippen molar-refractivity contribution >= 4 is 17.1 Å². The molecule has 1 heterocycles. The lowest BCUT2D eigenvalue weighted by atomic mass is 10.3. The van der Waals surface area contributed by atoms with Crippen LogP contribution in [0.3, 0.4) is 0 Å². The summed E-state index contributed by atoms with van der Waals surface area (Å²) in [7, 11) is 0. The van der Waals surface area contributed by atoms with Gasteiger partial charge in [-0.1, -0.05) is 6.07 Å². The van der Waals surface area contributed by atoms with E-state index in [2.05, 4.69) is 10.3 Å². The van der Waals surface area contributed by atoms with Gasteiger partial charge in [0.25, 0.3) is 6.01 Å². The summed E-state index contributed by atoms with van der Waals surface area (Å²) in [6.45, 7) is 2.62. The predicted octanol–water partition coefficient (Wildman–Crippen LogP) is 2.40. The van der Waals surface area contributed by atoms with Crippen molar-refractivity contribution in [2.45, 2.75) is 6.92 Å². The van der Waals surface area contributed by atoms with Gasteiger partial charge in [-0.3, -0.25) is 0 Å². The third-order valence-electron chi connectivity index (χ3n) is 1.70. The Bertz CT molecular complexity index is 424. The van der Waals surface area contributed by atoms with Gasteiger partial charge < -0.3 is 9.73 Å². The van der Waals surface area contributed by atoms with Crippen LogP contribution >= 0.6 is 0 Å². The zero-order valence-corrected chi connectivity index (χ0v) is 7.17. The summed E-state index contributed by atoms with van der Waals surface area (Å²) in [5, 5.41) is 2.88. The first-order valence-electron chi connectivity index (χ1n) is 4.10. The largest absolute Gasteiger partial charge is 0.423 e. The van der Waals surface area contributed by atoms with Crippen LogP contribution < -0.4 is 5.32 Å². The van der Waals surface area contributed by atoms with Crippen LogP contribution in [0.5, 0.6) is 0 Å². The number of nitrogens with zero attached hydrogens (tertiary/aromatic N) is 1. The summed E-state index contributed by atoms with van der Waals surface area (Å²) in [5.74, 6) is -0.356. The fraction of sp³-hybridized carbons (Fsp3) is 0.222. The van der Waals surface area contributed by atoms with Crippen LogP contribution in [-0.2, 0) is 0 Å². The van der Waals surface area contributed by atoms with Gasteiger partial charge in [-0.15, -0.1) is 0 Å². The number of hydrogen-bond donors (Lipinski definition) is 1. The quantitative estimate of drug-likeness (QED) is 0.771. The molecule has 2 aromatic rings. The summed E-state index contributed by atoms with van der Waals surface area (Å²) in [5.41, 5.74) is 0.745. The summed E-state index contributed by atoms with van der Waals surface area (Å²) in [4.78, 5) is 3.95. The van der Waals surface area contributed by atoms with Crippen LogP contribution in [-0.4, -0.2) is 11.5 Å². The Hall–Kier alpha value is -1.58. The SMILES string of the molecule is CCNc1nc2c(F)cccc2o1. The third kappa shape index (κ3) is 1.35. The van der Waals surface area contributed by atoms with Crippen molar-refractivity contribution in [1.82, 2.24) is 4.98 Å². The molecule has 0 aliphatic heterocycles. The molecule has 0 radical (unpaired) electrons. The third-order valence-corrected chi connectivity index (χ3v) is 1.70. The maximum atomic E-state index is 13.1. The highest BCUT2D eigenvalue weighted by Crippen LogP contribution is 2.20. The normalized spacial score (nSPS) is 10.6. The zero-order chi connectivity index (χ0) is 9.26. The first-order valence-corrected chi connectivity index (χ1v) is 4.10. The van der Waals surface area contributed by atoms with Crippen molar-refractivity contribution < 1.29 is 8.81 Å². The lowest BCUT2D eigenvalue weighted by Crippen LogP contribution is -1.95. The number of anilines is 1. The van der Waals surface area contributed by atoms with Gasteiger partial charge in [0.05, 0.1) is 0 Å². The second kappa shape index (κ2) is 3.05. The van der Waals surface area contributed by atoms with Crippen LogP contribution in [0.15, 0.2) is 22.6 Å². The fourth-order valence-electron chi connectivity index (χ4n) is 1.14. The summed E-state index contributed by atoms with van der Waals surface area (Å²) in [6.07, 6.45) is 0. The molecule has 2 rings (SSSR count). The number of aromatic nitrogens is 1.